The highest BCUT2D eigenvalue weighted by Crippen LogP contribution is 2.35. The third kappa shape index (κ3) is 4.21. The van der Waals surface area contributed by atoms with E-state index in [0.29, 0.717) is 51.7 Å². The molecule has 0 saturated carbocycles. The summed E-state index contributed by atoms with van der Waals surface area (Å²) < 4.78 is 17.3. The second kappa shape index (κ2) is 8.50. The van der Waals surface area contributed by atoms with E-state index in [-0.39, 0.29) is 30.3 Å². The van der Waals surface area contributed by atoms with Crippen LogP contribution in [0.4, 0.5) is 0 Å². The van der Waals surface area contributed by atoms with E-state index in [2.05, 4.69) is 10.6 Å². The molecule has 4 rings (SSSR count). The lowest BCUT2D eigenvalue weighted by molar-refractivity contribution is -0.138. The standard InChI is InChI=1S/C18H31N3O5/c22-16(21-5-7-24-8-6-21)10-13-9-14-18(25-13)17(23)15(26-14)11-20-12-1-3-19-4-2-12/h12-15,17-20,23H,1-11H2/t13-,14+,15+,17+,18-/m0/s1. The van der Waals surface area contributed by atoms with Crippen molar-refractivity contribution in [2.45, 2.75) is 62.2 Å². The number of rotatable bonds is 5. The van der Waals surface area contributed by atoms with Gasteiger partial charge in [-0.25, -0.2) is 0 Å². The summed E-state index contributed by atoms with van der Waals surface area (Å²) in [5.74, 6) is 0.108. The molecule has 4 aliphatic heterocycles. The van der Waals surface area contributed by atoms with Crippen LogP contribution in [0.2, 0.25) is 0 Å². The fourth-order valence-electron chi connectivity index (χ4n) is 4.45. The number of nitrogens with zero attached hydrogens (tertiary/aromatic N) is 1. The van der Waals surface area contributed by atoms with Crippen LogP contribution in [-0.2, 0) is 19.0 Å². The van der Waals surface area contributed by atoms with Crippen molar-refractivity contribution in [3.05, 3.63) is 0 Å². The van der Waals surface area contributed by atoms with E-state index in [1.807, 2.05) is 4.90 Å². The minimum absolute atomic E-state index is 0.104. The summed E-state index contributed by atoms with van der Waals surface area (Å²) in [6, 6.07) is 0.493. The Morgan fingerprint density at radius 2 is 1.96 bits per heavy atom. The summed E-state index contributed by atoms with van der Waals surface area (Å²) in [5, 5.41) is 17.4. The van der Waals surface area contributed by atoms with Crippen molar-refractivity contribution in [1.29, 1.82) is 0 Å². The van der Waals surface area contributed by atoms with Crippen molar-refractivity contribution >= 4 is 5.91 Å². The van der Waals surface area contributed by atoms with Crippen LogP contribution in [0.25, 0.3) is 0 Å². The van der Waals surface area contributed by atoms with Crippen LogP contribution in [0.5, 0.6) is 0 Å². The summed E-state index contributed by atoms with van der Waals surface area (Å²) in [5.41, 5.74) is 0. The number of piperidine rings is 1. The molecule has 0 radical (unpaired) electrons. The molecule has 4 aliphatic rings. The van der Waals surface area contributed by atoms with Gasteiger partial charge < -0.3 is 34.9 Å². The van der Waals surface area contributed by atoms with Crippen LogP contribution >= 0.6 is 0 Å². The molecule has 4 heterocycles. The highest BCUT2D eigenvalue weighted by molar-refractivity contribution is 5.76. The first-order chi connectivity index (χ1) is 12.7. The maximum Gasteiger partial charge on any atom is 0.225 e. The summed E-state index contributed by atoms with van der Waals surface area (Å²) in [7, 11) is 0. The van der Waals surface area contributed by atoms with Gasteiger partial charge in [-0.15, -0.1) is 0 Å². The van der Waals surface area contributed by atoms with Crippen molar-refractivity contribution in [2.24, 2.45) is 0 Å². The molecule has 3 N–H and O–H groups in total. The highest BCUT2D eigenvalue weighted by Gasteiger charge is 2.50. The number of ether oxygens (including phenoxy) is 3. The Balaban J connectivity index is 1.21. The van der Waals surface area contributed by atoms with Gasteiger partial charge in [-0.3, -0.25) is 4.79 Å². The molecule has 4 saturated heterocycles. The van der Waals surface area contributed by atoms with Crippen molar-refractivity contribution in [2.75, 3.05) is 45.9 Å². The number of aliphatic hydroxyl groups excluding tert-OH is 1. The van der Waals surface area contributed by atoms with Crippen molar-refractivity contribution in [1.82, 2.24) is 15.5 Å². The molecule has 148 valence electrons. The maximum atomic E-state index is 12.4. The number of hydrogen-bond donors (Lipinski definition) is 3. The van der Waals surface area contributed by atoms with Gasteiger partial charge in [0.05, 0.1) is 37.9 Å². The van der Waals surface area contributed by atoms with E-state index < -0.39 is 6.10 Å². The van der Waals surface area contributed by atoms with Gasteiger partial charge >= 0.3 is 0 Å². The van der Waals surface area contributed by atoms with E-state index in [1.165, 1.54) is 0 Å². The Kier molecular flexibility index (Phi) is 6.07. The molecular weight excluding hydrogens is 338 g/mol. The molecule has 0 bridgehead atoms. The molecule has 5 atom stereocenters. The van der Waals surface area contributed by atoms with Crippen LogP contribution in [0, 0.1) is 0 Å². The molecule has 8 heteroatoms. The molecule has 0 aliphatic carbocycles. The Morgan fingerprint density at radius 3 is 2.69 bits per heavy atom. The third-order valence-electron chi connectivity index (χ3n) is 5.99. The topological polar surface area (TPSA) is 92.3 Å². The van der Waals surface area contributed by atoms with E-state index in [4.69, 9.17) is 14.2 Å². The van der Waals surface area contributed by atoms with Crippen LogP contribution in [-0.4, -0.2) is 98.4 Å². The molecular formula is C18H31N3O5. The van der Waals surface area contributed by atoms with Crippen LogP contribution < -0.4 is 10.6 Å². The van der Waals surface area contributed by atoms with Gasteiger partial charge in [-0.1, -0.05) is 0 Å². The first-order valence-corrected chi connectivity index (χ1v) is 9.99. The predicted molar refractivity (Wildman–Crippen MR) is 93.9 cm³/mol. The van der Waals surface area contributed by atoms with Crippen LogP contribution in [0.15, 0.2) is 0 Å². The number of morpholine rings is 1. The third-order valence-corrected chi connectivity index (χ3v) is 5.99. The number of nitrogens with one attached hydrogen (secondary N) is 2. The number of carbonyl (C=O) groups excluding carboxylic acids is 1. The lowest BCUT2D eigenvalue weighted by Crippen LogP contribution is -2.46. The van der Waals surface area contributed by atoms with Gasteiger partial charge in [0.2, 0.25) is 5.91 Å². The second-order valence-electron chi connectivity index (χ2n) is 7.79. The number of amides is 1. The molecule has 8 nitrogen and oxygen atoms in total. The first-order valence-electron chi connectivity index (χ1n) is 9.99. The lowest BCUT2D eigenvalue weighted by atomic mass is 10.0. The van der Waals surface area contributed by atoms with Crippen molar-refractivity contribution < 1.29 is 24.1 Å². The average molecular weight is 369 g/mol. The summed E-state index contributed by atoms with van der Waals surface area (Å²) in [6.07, 6.45) is 1.84. The van der Waals surface area contributed by atoms with Gasteiger partial charge in [0.1, 0.15) is 12.2 Å². The van der Waals surface area contributed by atoms with Gasteiger partial charge in [-0.2, -0.15) is 0 Å². The van der Waals surface area contributed by atoms with Gasteiger partial charge in [-0.05, 0) is 25.9 Å². The predicted octanol–water partition coefficient (Wildman–Crippen LogP) is -1.14. The minimum atomic E-state index is -0.627. The van der Waals surface area contributed by atoms with E-state index >= 15 is 0 Å². The molecule has 0 spiro atoms. The molecule has 26 heavy (non-hydrogen) atoms. The van der Waals surface area contributed by atoms with Gasteiger partial charge in [0.25, 0.3) is 0 Å². The number of carbonyl (C=O) groups is 1. The fourth-order valence-corrected chi connectivity index (χ4v) is 4.45. The molecule has 0 unspecified atom stereocenters. The smallest absolute Gasteiger partial charge is 0.225 e. The zero-order valence-electron chi connectivity index (χ0n) is 15.3. The van der Waals surface area contributed by atoms with Crippen LogP contribution in [0.1, 0.15) is 25.7 Å². The summed E-state index contributed by atoms with van der Waals surface area (Å²) in [4.78, 5) is 14.2. The Hall–Kier alpha value is -0.770. The van der Waals surface area contributed by atoms with E-state index in [9.17, 15) is 9.90 Å². The highest BCUT2D eigenvalue weighted by atomic mass is 16.6. The summed E-state index contributed by atoms with van der Waals surface area (Å²) in [6.45, 7) is 5.26. The fraction of sp³-hybridized carbons (Fsp3) is 0.944. The Labute approximate surface area is 154 Å². The van der Waals surface area contributed by atoms with Crippen molar-refractivity contribution in [3.63, 3.8) is 0 Å². The van der Waals surface area contributed by atoms with Crippen molar-refractivity contribution in [3.8, 4) is 0 Å². The quantitative estimate of drug-likeness (QED) is 0.564. The average Bonchev–Trinajstić information content (AvgIpc) is 3.20. The molecule has 4 fully saturated rings. The normalized spacial score (nSPS) is 38.5. The zero-order valence-corrected chi connectivity index (χ0v) is 15.3. The maximum absolute atomic E-state index is 12.4. The molecule has 0 aromatic rings. The zero-order chi connectivity index (χ0) is 17.9. The lowest BCUT2D eigenvalue weighted by Gasteiger charge is -2.28. The molecule has 0 aromatic heterocycles. The summed E-state index contributed by atoms with van der Waals surface area (Å²) >= 11 is 0. The number of fused-ring (bicyclic) bond motifs is 1. The number of hydrogen-bond acceptors (Lipinski definition) is 7. The Morgan fingerprint density at radius 1 is 1.19 bits per heavy atom. The molecule has 0 aromatic carbocycles. The van der Waals surface area contributed by atoms with E-state index in [0.717, 1.165) is 25.9 Å². The number of aliphatic hydroxyl groups is 1. The largest absolute Gasteiger partial charge is 0.388 e. The van der Waals surface area contributed by atoms with E-state index in [1.54, 1.807) is 0 Å². The monoisotopic (exact) mass is 369 g/mol. The SMILES string of the molecule is O=C(C[C@@H]1C[C@H]2O[C@H](CNC3CCNCC3)[C@@H](O)[C@H]2O1)N1CCOCC1. The minimum Gasteiger partial charge on any atom is -0.388 e. The van der Waals surface area contributed by atoms with Gasteiger partial charge in [0, 0.05) is 32.1 Å². The van der Waals surface area contributed by atoms with Crippen LogP contribution in [0.3, 0.4) is 0 Å². The Bertz CT molecular complexity index is 481. The second-order valence-corrected chi connectivity index (χ2v) is 7.79. The molecule has 1 amide bonds. The first kappa shape index (κ1) is 18.6. The van der Waals surface area contributed by atoms with Gasteiger partial charge in [0.15, 0.2) is 0 Å².